The average Bonchev–Trinajstić information content (AvgIpc) is 2.34. The summed E-state index contributed by atoms with van der Waals surface area (Å²) in [6, 6.07) is 0. The summed E-state index contributed by atoms with van der Waals surface area (Å²) < 4.78 is 10.5. The molecule has 0 spiro atoms. The maximum absolute atomic E-state index is 10.6. The third kappa shape index (κ3) is 5.49. The number of rotatable bonds is 6. The van der Waals surface area contributed by atoms with Gasteiger partial charge in [-0.1, -0.05) is 27.2 Å². The van der Waals surface area contributed by atoms with Gasteiger partial charge in [-0.25, -0.2) is 0 Å². The van der Waals surface area contributed by atoms with Gasteiger partial charge in [-0.3, -0.25) is 4.79 Å². The van der Waals surface area contributed by atoms with E-state index in [4.69, 9.17) is 9.47 Å². The second kappa shape index (κ2) is 7.25. The molecule has 1 rings (SSSR count). The van der Waals surface area contributed by atoms with Crippen molar-refractivity contribution < 1.29 is 19.4 Å². The van der Waals surface area contributed by atoms with Gasteiger partial charge in [0.1, 0.15) is 12.7 Å². The molecule has 3 unspecified atom stereocenters. The van der Waals surface area contributed by atoms with Gasteiger partial charge in [-0.2, -0.15) is 0 Å². The van der Waals surface area contributed by atoms with Crippen LogP contribution in [0.1, 0.15) is 53.4 Å². The largest absolute Gasteiger partial charge is 0.463 e. The minimum atomic E-state index is -0.726. The van der Waals surface area contributed by atoms with E-state index in [9.17, 15) is 9.90 Å². The Balaban J connectivity index is 2.31. The average molecular weight is 272 g/mol. The second-order valence-corrected chi connectivity index (χ2v) is 6.32. The van der Waals surface area contributed by atoms with Crippen molar-refractivity contribution in [3.05, 3.63) is 0 Å². The first kappa shape index (κ1) is 16.4. The summed E-state index contributed by atoms with van der Waals surface area (Å²) in [5, 5.41) is 9.67. The van der Waals surface area contributed by atoms with Crippen molar-refractivity contribution in [1.82, 2.24) is 0 Å². The molecule has 1 fully saturated rings. The first-order chi connectivity index (χ1) is 8.83. The SMILES string of the molecule is CC(=O)OCC(O)COC1CCCC(C)(C(C)C)C1. The van der Waals surface area contributed by atoms with Crippen molar-refractivity contribution in [2.45, 2.75) is 65.6 Å². The zero-order valence-electron chi connectivity index (χ0n) is 12.6. The molecular weight excluding hydrogens is 244 g/mol. The number of aliphatic hydroxyl groups is 1. The van der Waals surface area contributed by atoms with E-state index in [1.165, 1.54) is 19.8 Å². The van der Waals surface area contributed by atoms with Crippen LogP contribution in [0.3, 0.4) is 0 Å². The highest BCUT2D eigenvalue weighted by Gasteiger charge is 2.35. The number of aliphatic hydroxyl groups excluding tert-OH is 1. The summed E-state index contributed by atoms with van der Waals surface area (Å²) in [5.74, 6) is 0.272. The molecule has 19 heavy (non-hydrogen) atoms. The molecular formula is C15H28O4. The van der Waals surface area contributed by atoms with Gasteiger partial charge >= 0.3 is 5.97 Å². The van der Waals surface area contributed by atoms with Crippen LogP contribution in [0, 0.1) is 11.3 Å². The number of carbonyl (C=O) groups excluding carboxylic acids is 1. The lowest BCUT2D eigenvalue weighted by Crippen LogP contribution is -2.36. The third-order valence-corrected chi connectivity index (χ3v) is 4.37. The zero-order chi connectivity index (χ0) is 14.5. The summed E-state index contributed by atoms with van der Waals surface area (Å²) in [6.07, 6.45) is 4.03. The molecule has 3 atom stereocenters. The van der Waals surface area contributed by atoms with Crippen LogP contribution in [-0.2, 0) is 14.3 Å². The number of esters is 1. The fraction of sp³-hybridized carbons (Fsp3) is 0.933. The van der Waals surface area contributed by atoms with E-state index >= 15 is 0 Å². The summed E-state index contributed by atoms with van der Waals surface area (Å²) in [7, 11) is 0. The van der Waals surface area contributed by atoms with E-state index in [2.05, 4.69) is 20.8 Å². The monoisotopic (exact) mass is 272 g/mol. The number of ether oxygens (including phenoxy) is 2. The van der Waals surface area contributed by atoms with Crippen LogP contribution < -0.4 is 0 Å². The molecule has 0 amide bonds. The Morgan fingerprint density at radius 3 is 2.68 bits per heavy atom. The van der Waals surface area contributed by atoms with Gasteiger partial charge in [-0.15, -0.1) is 0 Å². The van der Waals surface area contributed by atoms with Crippen LogP contribution in [0.15, 0.2) is 0 Å². The molecule has 112 valence electrons. The lowest BCUT2D eigenvalue weighted by atomic mass is 9.67. The van der Waals surface area contributed by atoms with Crippen molar-refractivity contribution in [3.8, 4) is 0 Å². The fourth-order valence-electron chi connectivity index (χ4n) is 2.63. The van der Waals surface area contributed by atoms with Crippen molar-refractivity contribution in [3.63, 3.8) is 0 Å². The Bertz CT molecular complexity index is 290. The highest BCUT2D eigenvalue weighted by Crippen LogP contribution is 2.42. The first-order valence-corrected chi connectivity index (χ1v) is 7.26. The van der Waals surface area contributed by atoms with Crippen LogP contribution >= 0.6 is 0 Å². The van der Waals surface area contributed by atoms with Crippen LogP contribution in [0.2, 0.25) is 0 Å². The molecule has 0 saturated heterocycles. The topological polar surface area (TPSA) is 55.8 Å². The summed E-state index contributed by atoms with van der Waals surface area (Å²) in [6.45, 7) is 8.44. The normalized spacial score (nSPS) is 29.3. The predicted octanol–water partition coefficient (Wildman–Crippen LogP) is 2.53. The fourth-order valence-corrected chi connectivity index (χ4v) is 2.63. The van der Waals surface area contributed by atoms with Gasteiger partial charge in [0.2, 0.25) is 0 Å². The number of carbonyl (C=O) groups is 1. The van der Waals surface area contributed by atoms with E-state index < -0.39 is 6.10 Å². The summed E-state index contributed by atoms with van der Waals surface area (Å²) in [5.41, 5.74) is 0.337. The molecule has 4 heteroatoms. The van der Waals surface area contributed by atoms with E-state index in [0.29, 0.717) is 11.3 Å². The molecule has 1 N–H and O–H groups in total. The maximum Gasteiger partial charge on any atom is 0.302 e. The van der Waals surface area contributed by atoms with Crippen LogP contribution in [0.25, 0.3) is 0 Å². The van der Waals surface area contributed by atoms with Gasteiger partial charge in [0, 0.05) is 6.92 Å². The lowest BCUT2D eigenvalue weighted by Gasteiger charge is -2.41. The van der Waals surface area contributed by atoms with Gasteiger partial charge in [0.25, 0.3) is 0 Å². The van der Waals surface area contributed by atoms with Gasteiger partial charge < -0.3 is 14.6 Å². The first-order valence-electron chi connectivity index (χ1n) is 7.26. The number of hydrogen-bond acceptors (Lipinski definition) is 4. The molecule has 0 bridgehead atoms. The molecule has 4 nitrogen and oxygen atoms in total. The van der Waals surface area contributed by atoms with Crippen molar-refractivity contribution in [1.29, 1.82) is 0 Å². The third-order valence-electron chi connectivity index (χ3n) is 4.37. The van der Waals surface area contributed by atoms with E-state index in [0.717, 1.165) is 12.8 Å². The van der Waals surface area contributed by atoms with E-state index in [1.54, 1.807) is 0 Å². The molecule has 0 heterocycles. The smallest absolute Gasteiger partial charge is 0.302 e. The van der Waals surface area contributed by atoms with Gasteiger partial charge in [0.05, 0.1) is 12.7 Å². The van der Waals surface area contributed by atoms with Crippen molar-refractivity contribution >= 4 is 5.97 Å². The Kier molecular flexibility index (Phi) is 6.27. The molecule has 0 radical (unpaired) electrons. The van der Waals surface area contributed by atoms with Crippen molar-refractivity contribution in [2.75, 3.05) is 13.2 Å². The van der Waals surface area contributed by atoms with E-state index in [1.807, 2.05) is 0 Å². The molecule has 0 aromatic rings. The Hall–Kier alpha value is -0.610. The molecule has 1 aliphatic carbocycles. The number of hydrogen-bond donors (Lipinski definition) is 1. The highest BCUT2D eigenvalue weighted by atomic mass is 16.5. The molecule has 1 saturated carbocycles. The molecule has 0 aromatic heterocycles. The minimum Gasteiger partial charge on any atom is -0.463 e. The Morgan fingerprint density at radius 2 is 2.11 bits per heavy atom. The van der Waals surface area contributed by atoms with Crippen molar-refractivity contribution in [2.24, 2.45) is 11.3 Å². The summed E-state index contributed by atoms with van der Waals surface area (Å²) >= 11 is 0. The molecule has 0 aliphatic heterocycles. The quantitative estimate of drug-likeness (QED) is 0.755. The lowest BCUT2D eigenvalue weighted by molar-refractivity contribution is -0.146. The minimum absolute atomic E-state index is 0.0174. The highest BCUT2D eigenvalue weighted by molar-refractivity contribution is 5.65. The van der Waals surface area contributed by atoms with Crippen LogP contribution in [-0.4, -0.2) is 36.5 Å². The van der Waals surface area contributed by atoms with Crippen LogP contribution in [0.5, 0.6) is 0 Å². The molecule has 0 aromatic carbocycles. The predicted molar refractivity (Wildman–Crippen MR) is 73.8 cm³/mol. The Morgan fingerprint density at radius 1 is 1.42 bits per heavy atom. The summed E-state index contributed by atoms with van der Waals surface area (Å²) in [4.78, 5) is 10.6. The van der Waals surface area contributed by atoms with E-state index in [-0.39, 0.29) is 25.3 Å². The maximum atomic E-state index is 10.6. The Labute approximate surface area is 116 Å². The second-order valence-electron chi connectivity index (χ2n) is 6.32. The zero-order valence-corrected chi connectivity index (χ0v) is 12.6. The molecule has 1 aliphatic rings. The van der Waals surface area contributed by atoms with Crippen LogP contribution in [0.4, 0.5) is 0 Å². The van der Waals surface area contributed by atoms with Gasteiger partial charge in [0.15, 0.2) is 0 Å². The van der Waals surface area contributed by atoms with Gasteiger partial charge in [-0.05, 0) is 30.6 Å². The standard InChI is InChI=1S/C15H28O4/c1-11(2)15(4)7-5-6-14(8-15)19-10-13(17)9-18-12(3)16/h11,13-14,17H,5-10H2,1-4H3.